The SMILES string of the molecule is CCCCCCCCCCCCCO[C@@H]([C@H](O)[C@@H](O)C=O)[C@H](O)C(=O)O. The molecule has 154 valence electrons. The Labute approximate surface area is 156 Å². The lowest BCUT2D eigenvalue weighted by Gasteiger charge is -2.26. The number of aliphatic carboxylic acids is 1. The van der Waals surface area contributed by atoms with Gasteiger partial charge in [-0.25, -0.2) is 4.79 Å². The summed E-state index contributed by atoms with van der Waals surface area (Å²) in [5.41, 5.74) is 0. The van der Waals surface area contributed by atoms with E-state index in [1.54, 1.807) is 0 Å². The first-order valence-corrected chi connectivity index (χ1v) is 9.79. The lowest BCUT2D eigenvalue weighted by atomic mass is 10.0. The van der Waals surface area contributed by atoms with Crippen molar-refractivity contribution in [1.29, 1.82) is 0 Å². The van der Waals surface area contributed by atoms with E-state index in [4.69, 9.17) is 9.84 Å². The molecule has 0 amide bonds. The minimum absolute atomic E-state index is 0.0812. The van der Waals surface area contributed by atoms with Crippen LogP contribution in [0.15, 0.2) is 0 Å². The van der Waals surface area contributed by atoms with Gasteiger partial charge in [-0.3, -0.25) is 0 Å². The lowest BCUT2D eigenvalue weighted by molar-refractivity contribution is -0.171. The summed E-state index contributed by atoms with van der Waals surface area (Å²) in [5.74, 6) is -1.58. The Morgan fingerprint density at radius 3 is 1.77 bits per heavy atom. The largest absolute Gasteiger partial charge is 0.479 e. The van der Waals surface area contributed by atoms with Crippen molar-refractivity contribution < 1.29 is 34.8 Å². The first kappa shape index (κ1) is 25.0. The van der Waals surface area contributed by atoms with E-state index in [-0.39, 0.29) is 12.9 Å². The van der Waals surface area contributed by atoms with Gasteiger partial charge in [0.05, 0.1) is 0 Å². The molecule has 0 aromatic rings. The van der Waals surface area contributed by atoms with Gasteiger partial charge in [0.1, 0.15) is 18.3 Å². The van der Waals surface area contributed by atoms with Gasteiger partial charge in [-0.2, -0.15) is 0 Å². The quantitative estimate of drug-likeness (QED) is 0.213. The number of carboxylic acid groups (broad SMARTS) is 1. The standard InChI is InChI=1S/C19H36O7/c1-2-3-4-5-6-7-8-9-10-11-12-13-26-18(17(23)19(24)25)16(22)15(21)14-20/h14-18,21-23H,2-13H2,1H3,(H,24,25)/t15-,16+,17-,18-/m0/s1. The number of carboxylic acids is 1. The Balaban J connectivity index is 3.85. The van der Waals surface area contributed by atoms with Crippen LogP contribution >= 0.6 is 0 Å². The second kappa shape index (κ2) is 16.2. The maximum Gasteiger partial charge on any atom is 0.335 e. The van der Waals surface area contributed by atoms with Gasteiger partial charge in [0.2, 0.25) is 0 Å². The van der Waals surface area contributed by atoms with Gasteiger partial charge >= 0.3 is 5.97 Å². The Hall–Kier alpha value is -1.02. The summed E-state index contributed by atoms with van der Waals surface area (Å²) in [7, 11) is 0. The zero-order valence-electron chi connectivity index (χ0n) is 15.9. The predicted molar refractivity (Wildman–Crippen MR) is 97.9 cm³/mol. The van der Waals surface area contributed by atoms with Gasteiger partial charge in [-0.1, -0.05) is 71.1 Å². The van der Waals surface area contributed by atoms with Crippen molar-refractivity contribution in [2.75, 3.05) is 6.61 Å². The van der Waals surface area contributed by atoms with Crippen molar-refractivity contribution in [3.05, 3.63) is 0 Å². The first-order valence-electron chi connectivity index (χ1n) is 9.79. The third-order valence-corrected chi connectivity index (χ3v) is 4.45. The normalized spacial score (nSPS) is 16.0. The second-order valence-electron chi connectivity index (χ2n) is 6.77. The summed E-state index contributed by atoms with van der Waals surface area (Å²) in [4.78, 5) is 21.4. The molecule has 4 atom stereocenters. The Morgan fingerprint density at radius 1 is 0.885 bits per heavy atom. The summed E-state index contributed by atoms with van der Waals surface area (Å²) < 4.78 is 5.23. The number of unbranched alkanes of at least 4 members (excludes halogenated alkanes) is 10. The average molecular weight is 376 g/mol. The number of rotatable bonds is 18. The third kappa shape index (κ3) is 11.6. The maximum absolute atomic E-state index is 10.9. The van der Waals surface area contributed by atoms with Crippen LogP contribution in [0.3, 0.4) is 0 Å². The number of aliphatic hydroxyl groups excluding tert-OH is 3. The van der Waals surface area contributed by atoms with Crippen LogP contribution in [0.25, 0.3) is 0 Å². The highest BCUT2D eigenvalue weighted by Gasteiger charge is 2.36. The molecule has 0 unspecified atom stereocenters. The van der Waals surface area contributed by atoms with Gasteiger partial charge in [-0.05, 0) is 6.42 Å². The Kier molecular flexibility index (Phi) is 15.5. The van der Waals surface area contributed by atoms with E-state index in [0.29, 0.717) is 6.42 Å². The maximum atomic E-state index is 10.9. The fraction of sp³-hybridized carbons (Fsp3) is 0.895. The molecule has 0 aromatic carbocycles. The van der Waals surface area contributed by atoms with Gasteiger partial charge < -0.3 is 30.0 Å². The van der Waals surface area contributed by atoms with Crippen LogP contribution in [0, 0.1) is 0 Å². The molecule has 0 bridgehead atoms. The van der Waals surface area contributed by atoms with E-state index in [0.717, 1.165) is 19.3 Å². The zero-order chi connectivity index (χ0) is 19.8. The van der Waals surface area contributed by atoms with Crippen LogP contribution in [0.2, 0.25) is 0 Å². The molecule has 0 saturated carbocycles. The number of ether oxygens (including phenoxy) is 1. The topological polar surface area (TPSA) is 124 Å². The third-order valence-electron chi connectivity index (χ3n) is 4.45. The minimum atomic E-state index is -2.01. The predicted octanol–water partition coefficient (Wildman–Crippen LogP) is 2.05. The highest BCUT2D eigenvalue weighted by Crippen LogP contribution is 2.13. The molecule has 0 fully saturated rings. The lowest BCUT2D eigenvalue weighted by Crippen LogP contribution is -2.49. The molecule has 0 saturated heterocycles. The Bertz CT molecular complexity index is 362. The van der Waals surface area contributed by atoms with Crippen molar-refractivity contribution in [1.82, 2.24) is 0 Å². The van der Waals surface area contributed by atoms with Crippen LogP contribution in [-0.4, -0.2) is 63.7 Å². The van der Waals surface area contributed by atoms with Gasteiger partial charge in [-0.15, -0.1) is 0 Å². The van der Waals surface area contributed by atoms with Gasteiger partial charge in [0, 0.05) is 6.61 Å². The van der Waals surface area contributed by atoms with Crippen molar-refractivity contribution in [3.8, 4) is 0 Å². The molecule has 7 nitrogen and oxygen atoms in total. The highest BCUT2D eigenvalue weighted by atomic mass is 16.5. The van der Waals surface area contributed by atoms with E-state index in [2.05, 4.69) is 6.92 Å². The first-order chi connectivity index (χ1) is 12.5. The molecular weight excluding hydrogens is 340 g/mol. The fourth-order valence-electron chi connectivity index (χ4n) is 2.78. The number of hydrogen-bond acceptors (Lipinski definition) is 6. The highest BCUT2D eigenvalue weighted by molar-refractivity contribution is 5.73. The molecule has 0 aliphatic carbocycles. The molecule has 4 N–H and O–H groups in total. The van der Waals surface area contributed by atoms with E-state index in [1.165, 1.54) is 44.9 Å². The van der Waals surface area contributed by atoms with Crippen molar-refractivity contribution in [3.63, 3.8) is 0 Å². The molecule has 26 heavy (non-hydrogen) atoms. The molecule has 7 heteroatoms. The van der Waals surface area contributed by atoms with Crippen molar-refractivity contribution in [2.45, 2.75) is 102 Å². The van der Waals surface area contributed by atoms with Crippen LogP contribution in [0.1, 0.15) is 77.6 Å². The van der Waals surface area contributed by atoms with E-state index in [9.17, 15) is 24.9 Å². The molecule has 0 rings (SSSR count). The molecule has 0 aromatic heterocycles. The monoisotopic (exact) mass is 376 g/mol. The summed E-state index contributed by atoms with van der Waals surface area (Å²) in [6.07, 6.45) is 5.64. The van der Waals surface area contributed by atoms with E-state index in [1.807, 2.05) is 0 Å². The average Bonchev–Trinajstić information content (AvgIpc) is 2.63. The fourth-order valence-corrected chi connectivity index (χ4v) is 2.78. The summed E-state index contributed by atoms with van der Waals surface area (Å²) in [5, 5.41) is 37.5. The van der Waals surface area contributed by atoms with Gasteiger partial charge in [0.25, 0.3) is 0 Å². The number of carbonyl (C=O) groups excluding carboxylic acids is 1. The van der Waals surface area contributed by atoms with Crippen LogP contribution in [0.5, 0.6) is 0 Å². The summed E-state index contributed by atoms with van der Waals surface area (Å²) in [6.45, 7) is 2.36. The summed E-state index contributed by atoms with van der Waals surface area (Å²) >= 11 is 0. The number of aldehydes is 1. The Morgan fingerprint density at radius 2 is 1.35 bits per heavy atom. The van der Waals surface area contributed by atoms with Crippen LogP contribution in [0.4, 0.5) is 0 Å². The zero-order valence-corrected chi connectivity index (χ0v) is 15.9. The van der Waals surface area contributed by atoms with E-state index < -0.39 is 30.4 Å². The van der Waals surface area contributed by atoms with Crippen molar-refractivity contribution in [2.24, 2.45) is 0 Å². The molecule has 0 spiro atoms. The minimum Gasteiger partial charge on any atom is -0.479 e. The van der Waals surface area contributed by atoms with Crippen LogP contribution in [-0.2, 0) is 14.3 Å². The molecule has 0 heterocycles. The molecule has 0 aliphatic rings. The summed E-state index contributed by atoms with van der Waals surface area (Å²) in [6, 6.07) is 0. The second-order valence-corrected chi connectivity index (χ2v) is 6.77. The van der Waals surface area contributed by atoms with Gasteiger partial charge in [0.15, 0.2) is 12.4 Å². The van der Waals surface area contributed by atoms with Crippen molar-refractivity contribution >= 4 is 12.3 Å². The molecule has 0 aliphatic heterocycles. The number of carbonyl (C=O) groups is 2. The molecular formula is C19H36O7. The molecule has 0 radical (unpaired) electrons. The van der Waals surface area contributed by atoms with E-state index >= 15 is 0 Å². The van der Waals surface area contributed by atoms with Crippen LogP contribution < -0.4 is 0 Å². The number of aliphatic hydroxyl groups is 3. The smallest absolute Gasteiger partial charge is 0.335 e. The number of hydrogen-bond donors (Lipinski definition) is 4.